The zero-order valence-corrected chi connectivity index (χ0v) is 16.6. The van der Waals surface area contributed by atoms with E-state index in [1.807, 2.05) is 13.8 Å². The van der Waals surface area contributed by atoms with E-state index < -0.39 is 11.2 Å². The summed E-state index contributed by atoms with van der Waals surface area (Å²) in [6.45, 7) is 3.76. The third-order valence-electron chi connectivity index (χ3n) is 4.98. The molecule has 142 valence electrons. The number of aromatic nitrogens is 3. The molecule has 3 aromatic rings. The maximum Gasteiger partial charge on any atom is 0.145 e. The molecule has 0 unspecified atom stereocenters. The van der Waals surface area contributed by atoms with Crippen LogP contribution in [0.15, 0.2) is 61.2 Å². The summed E-state index contributed by atoms with van der Waals surface area (Å²) < 4.78 is 1.51. The Morgan fingerprint density at radius 2 is 1.41 bits per heavy atom. The Morgan fingerprint density at radius 1 is 0.926 bits per heavy atom. The smallest absolute Gasteiger partial charge is 0.145 e. The summed E-state index contributed by atoms with van der Waals surface area (Å²) in [5.41, 5.74) is -2.29. The van der Waals surface area contributed by atoms with Crippen molar-refractivity contribution in [3.05, 3.63) is 82.4 Å². The molecular weight excluding hydrogens is 385 g/mol. The van der Waals surface area contributed by atoms with Crippen molar-refractivity contribution in [3.63, 3.8) is 0 Å². The Balaban J connectivity index is 2.23. The number of rotatable bonds is 6. The molecule has 0 saturated heterocycles. The van der Waals surface area contributed by atoms with E-state index in [-0.39, 0.29) is 12.5 Å². The molecule has 1 atom stereocenters. The molecule has 27 heavy (non-hydrogen) atoms. The molecule has 0 bridgehead atoms. The largest absolute Gasteiger partial charge is 0.384 e. The Bertz CT molecular complexity index is 835. The first-order valence-electron chi connectivity index (χ1n) is 8.56. The lowest BCUT2D eigenvalue weighted by Crippen LogP contribution is -2.58. The van der Waals surface area contributed by atoms with E-state index in [1.165, 1.54) is 17.3 Å². The summed E-state index contributed by atoms with van der Waals surface area (Å²) >= 11 is 12.1. The van der Waals surface area contributed by atoms with Gasteiger partial charge in [-0.15, -0.1) is 0 Å². The molecule has 0 fully saturated rings. The molecule has 1 aromatic heterocycles. The number of benzene rings is 2. The standard InChI is InChI=1S/C20H21Cl2N3O2/c1-14(2)19(26,11-25-13-23-12-24-25)20(27,15-3-7-17(21)8-4-15)16-5-9-18(22)10-6-16/h3-10,12-14,26-27H,11H2,1-2H3/t19-/m0/s1. The van der Waals surface area contributed by atoms with Crippen molar-refractivity contribution in [1.82, 2.24) is 14.8 Å². The van der Waals surface area contributed by atoms with Crippen LogP contribution in [-0.2, 0) is 12.1 Å². The summed E-state index contributed by atoms with van der Waals surface area (Å²) in [5, 5.41) is 29.0. The molecule has 0 aliphatic heterocycles. The number of hydrogen-bond acceptors (Lipinski definition) is 4. The maximum absolute atomic E-state index is 12.0. The second-order valence-corrected chi connectivity index (χ2v) is 7.77. The zero-order chi connectivity index (χ0) is 19.7. The Kier molecular flexibility index (Phi) is 5.58. The maximum atomic E-state index is 12.0. The highest BCUT2D eigenvalue weighted by Crippen LogP contribution is 2.45. The normalized spacial score (nSPS) is 14.3. The van der Waals surface area contributed by atoms with Crippen LogP contribution < -0.4 is 0 Å². The summed E-state index contributed by atoms with van der Waals surface area (Å²) in [4.78, 5) is 3.94. The molecule has 2 aromatic carbocycles. The molecular formula is C20H21Cl2N3O2. The second kappa shape index (κ2) is 7.60. The molecule has 1 heterocycles. The van der Waals surface area contributed by atoms with Crippen molar-refractivity contribution in [3.8, 4) is 0 Å². The van der Waals surface area contributed by atoms with Crippen molar-refractivity contribution >= 4 is 23.2 Å². The van der Waals surface area contributed by atoms with Gasteiger partial charge in [-0.05, 0) is 41.3 Å². The molecule has 0 aliphatic rings. The molecule has 0 aliphatic carbocycles. The number of hydrogen-bond donors (Lipinski definition) is 2. The zero-order valence-electron chi connectivity index (χ0n) is 15.0. The lowest BCUT2D eigenvalue weighted by Gasteiger charge is -2.47. The summed E-state index contributed by atoms with van der Waals surface area (Å²) in [6.07, 6.45) is 2.90. The van der Waals surface area contributed by atoms with E-state index in [9.17, 15) is 10.2 Å². The van der Waals surface area contributed by atoms with Crippen LogP contribution in [0.4, 0.5) is 0 Å². The van der Waals surface area contributed by atoms with Crippen LogP contribution in [0.1, 0.15) is 25.0 Å². The van der Waals surface area contributed by atoms with Gasteiger partial charge in [-0.1, -0.05) is 61.3 Å². The van der Waals surface area contributed by atoms with Crippen molar-refractivity contribution < 1.29 is 10.2 Å². The van der Waals surface area contributed by atoms with Crippen LogP contribution >= 0.6 is 23.2 Å². The average molecular weight is 406 g/mol. The van der Waals surface area contributed by atoms with Gasteiger partial charge in [0.25, 0.3) is 0 Å². The van der Waals surface area contributed by atoms with Gasteiger partial charge in [0.1, 0.15) is 23.9 Å². The quantitative estimate of drug-likeness (QED) is 0.651. The summed E-state index contributed by atoms with van der Waals surface area (Å²) in [5.74, 6) is -0.321. The molecule has 0 radical (unpaired) electrons. The lowest BCUT2D eigenvalue weighted by molar-refractivity contribution is -0.169. The molecule has 2 N–H and O–H groups in total. The van der Waals surface area contributed by atoms with E-state index in [0.717, 1.165) is 0 Å². The van der Waals surface area contributed by atoms with Crippen LogP contribution in [0.3, 0.4) is 0 Å². The highest BCUT2D eigenvalue weighted by molar-refractivity contribution is 6.30. The van der Waals surface area contributed by atoms with Crippen molar-refractivity contribution in [1.29, 1.82) is 0 Å². The van der Waals surface area contributed by atoms with Crippen LogP contribution in [0, 0.1) is 5.92 Å². The van der Waals surface area contributed by atoms with E-state index in [2.05, 4.69) is 10.1 Å². The van der Waals surface area contributed by atoms with Crippen LogP contribution in [0.25, 0.3) is 0 Å². The van der Waals surface area contributed by atoms with Gasteiger partial charge in [0.2, 0.25) is 0 Å². The topological polar surface area (TPSA) is 71.2 Å². The van der Waals surface area contributed by atoms with Gasteiger partial charge >= 0.3 is 0 Å². The molecule has 3 rings (SSSR count). The van der Waals surface area contributed by atoms with Crippen LogP contribution in [-0.4, -0.2) is 30.6 Å². The predicted octanol–water partition coefficient (Wildman–Crippen LogP) is 3.91. The van der Waals surface area contributed by atoms with E-state index in [1.54, 1.807) is 48.5 Å². The fourth-order valence-electron chi connectivity index (χ4n) is 3.32. The highest BCUT2D eigenvalue weighted by atomic mass is 35.5. The first-order chi connectivity index (χ1) is 12.8. The van der Waals surface area contributed by atoms with Gasteiger partial charge in [0, 0.05) is 10.0 Å². The Labute approximate surface area is 168 Å². The third kappa shape index (κ3) is 3.60. The van der Waals surface area contributed by atoms with Gasteiger partial charge in [-0.3, -0.25) is 0 Å². The second-order valence-electron chi connectivity index (χ2n) is 6.90. The molecule has 5 nitrogen and oxygen atoms in total. The number of aliphatic hydroxyl groups is 2. The number of nitrogens with zero attached hydrogens (tertiary/aromatic N) is 3. The van der Waals surface area contributed by atoms with Gasteiger partial charge in [-0.25, -0.2) is 9.67 Å². The van der Waals surface area contributed by atoms with Gasteiger partial charge in [0.15, 0.2) is 0 Å². The minimum absolute atomic E-state index is 0.0480. The monoisotopic (exact) mass is 405 g/mol. The minimum atomic E-state index is -1.73. The highest BCUT2D eigenvalue weighted by Gasteiger charge is 2.54. The minimum Gasteiger partial charge on any atom is -0.384 e. The fraction of sp³-hybridized carbons (Fsp3) is 0.300. The Hall–Kier alpha value is -1.92. The fourth-order valence-corrected chi connectivity index (χ4v) is 3.58. The molecule has 0 saturated carbocycles. The lowest BCUT2D eigenvalue weighted by atomic mass is 9.67. The van der Waals surface area contributed by atoms with Crippen molar-refractivity contribution in [2.75, 3.05) is 0 Å². The molecule has 0 amide bonds. The predicted molar refractivity (Wildman–Crippen MR) is 106 cm³/mol. The van der Waals surface area contributed by atoms with Crippen LogP contribution in [0.2, 0.25) is 10.0 Å². The Morgan fingerprint density at radius 3 is 1.78 bits per heavy atom. The van der Waals surface area contributed by atoms with Gasteiger partial charge in [-0.2, -0.15) is 5.10 Å². The van der Waals surface area contributed by atoms with Crippen molar-refractivity contribution in [2.24, 2.45) is 5.92 Å². The first kappa shape index (κ1) is 19.8. The first-order valence-corrected chi connectivity index (χ1v) is 9.32. The van der Waals surface area contributed by atoms with Gasteiger partial charge in [0.05, 0.1) is 6.54 Å². The van der Waals surface area contributed by atoms with E-state index >= 15 is 0 Å². The van der Waals surface area contributed by atoms with Crippen LogP contribution in [0.5, 0.6) is 0 Å². The average Bonchev–Trinajstić information content (AvgIpc) is 3.14. The third-order valence-corrected chi connectivity index (χ3v) is 5.48. The summed E-state index contributed by atoms with van der Waals surface area (Å²) in [6, 6.07) is 13.6. The van der Waals surface area contributed by atoms with Crippen molar-refractivity contribution in [2.45, 2.75) is 31.6 Å². The SMILES string of the molecule is CC(C)[C@@](O)(Cn1cncn1)C(O)(c1ccc(Cl)cc1)c1ccc(Cl)cc1. The molecule has 7 heteroatoms. The molecule has 0 spiro atoms. The van der Waals surface area contributed by atoms with E-state index in [4.69, 9.17) is 23.2 Å². The van der Waals surface area contributed by atoms with Gasteiger partial charge < -0.3 is 10.2 Å². The summed E-state index contributed by atoms with van der Waals surface area (Å²) in [7, 11) is 0. The van der Waals surface area contributed by atoms with E-state index in [0.29, 0.717) is 21.2 Å². The number of halogens is 2.